The van der Waals surface area contributed by atoms with E-state index in [1.165, 1.54) is 12.1 Å². The summed E-state index contributed by atoms with van der Waals surface area (Å²) < 4.78 is 35.1. The Hall–Kier alpha value is -3.16. The van der Waals surface area contributed by atoms with Gasteiger partial charge in [0.15, 0.2) is 0 Å². The molecular weight excluding hydrogens is 362 g/mol. The molecule has 6 nitrogen and oxygen atoms in total. The third-order valence-electron chi connectivity index (χ3n) is 3.97. The second kappa shape index (κ2) is 7.22. The van der Waals surface area contributed by atoms with Crippen molar-refractivity contribution in [2.45, 2.75) is 11.4 Å². The van der Waals surface area contributed by atoms with E-state index < -0.39 is 10.0 Å². The predicted molar refractivity (Wildman–Crippen MR) is 102 cm³/mol. The van der Waals surface area contributed by atoms with Gasteiger partial charge in [0.05, 0.1) is 17.1 Å². The van der Waals surface area contributed by atoms with Crippen molar-refractivity contribution in [1.29, 1.82) is 0 Å². The molecule has 0 unspecified atom stereocenters. The summed E-state index contributed by atoms with van der Waals surface area (Å²) in [5.74, 6) is 1.26. The molecule has 7 heteroatoms. The Bertz CT molecular complexity index is 1120. The number of para-hydroxylation sites is 1. The summed E-state index contributed by atoms with van der Waals surface area (Å²) in [5.41, 5.74) is 1.42. The lowest BCUT2D eigenvalue weighted by molar-refractivity contribution is 0.482. The number of hydrogen-bond donors (Lipinski definition) is 1. The van der Waals surface area contributed by atoms with Gasteiger partial charge in [-0.3, -0.25) is 0 Å². The molecule has 1 N–H and O–H groups in total. The number of nitrogens with zero attached hydrogens (tertiary/aromatic N) is 2. The second-order valence-electron chi connectivity index (χ2n) is 5.91. The Labute approximate surface area is 157 Å². The first-order chi connectivity index (χ1) is 13.1. The van der Waals surface area contributed by atoms with E-state index in [2.05, 4.69) is 9.71 Å². The molecule has 0 aliphatic carbocycles. The van der Waals surface area contributed by atoms with Crippen LogP contribution < -0.4 is 9.46 Å². The molecule has 2 heterocycles. The van der Waals surface area contributed by atoms with E-state index >= 15 is 0 Å². The van der Waals surface area contributed by atoms with Gasteiger partial charge in [0.2, 0.25) is 10.0 Å². The quantitative estimate of drug-likeness (QED) is 0.555. The monoisotopic (exact) mass is 379 g/mol. The molecule has 0 radical (unpaired) electrons. The Morgan fingerprint density at radius 3 is 2.33 bits per heavy atom. The minimum Gasteiger partial charge on any atom is -0.457 e. The number of imidazole rings is 1. The van der Waals surface area contributed by atoms with Crippen LogP contribution >= 0.6 is 0 Å². The number of fused-ring (bicyclic) bond motifs is 1. The van der Waals surface area contributed by atoms with Crippen molar-refractivity contribution in [3.05, 3.63) is 90.9 Å². The van der Waals surface area contributed by atoms with Crippen molar-refractivity contribution in [2.75, 3.05) is 0 Å². The van der Waals surface area contributed by atoms with Gasteiger partial charge in [0, 0.05) is 12.4 Å². The smallest absolute Gasteiger partial charge is 0.240 e. The van der Waals surface area contributed by atoms with Gasteiger partial charge in [-0.05, 0) is 48.5 Å². The van der Waals surface area contributed by atoms with Crippen LogP contribution in [-0.4, -0.2) is 17.8 Å². The van der Waals surface area contributed by atoms with Gasteiger partial charge in [-0.25, -0.2) is 18.1 Å². The molecule has 0 bridgehead atoms. The van der Waals surface area contributed by atoms with Gasteiger partial charge in [0.1, 0.15) is 17.1 Å². The lowest BCUT2D eigenvalue weighted by atomic mass is 10.3. The Morgan fingerprint density at radius 2 is 1.59 bits per heavy atom. The number of hydrogen-bond acceptors (Lipinski definition) is 4. The summed E-state index contributed by atoms with van der Waals surface area (Å²) in [5, 5.41) is 0. The van der Waals surface area contributed by atoms with E-state index in [4.69, 9.17) is 4.74 Å². The summed E-state index contributed by atoms with van der Waals surface area (Å²) in [6, 6.07) is 21.3. The van der Waals surface area contributed by atoms with Gasteiger partial charge in [-0.2, -0.15) is 0 Å². The summed E-state index contributed by atoms with van der Waals surface area (Å²) in [4.78, 5) is 4.56. The molecule has 4 aromatic rings. The number of benzene rings is 2. The highest BCUT2D eigenvalue weighted by molar-refractivity contribution is 7.89. The fraction of sp³-hybridized carbons (Fsp3) is 0.0500. The molecule has 0 spiro atoms. The molecule has 2 aromatic heterocycles. The number of ether oxygens (including phenoxy) is 1. The zero-order chi connectivity index (χ0) is 18.7. The van der Waals surface area contributed by atoms with Gasteiger partial charge >= 0.3 is 0 Å². The summed E-state index contributed by atoms with van der Waals surface area (Å²) in [6.45, 7) is 0.117. The molecule has 0 aliphatic rings. The maximum atomic E-state index is 12.5. The predicted octanol–water partition coefficient (Wildman–Crippen LogP) is 3.61. The highest BCUT2D eigenvalue weighted by Gasteiger charge is 2.14. The van der Waals surface area contributed by atoms with Crippen LogP contribution in [0.4, 0.5) is 0 Å². The van der Waals surface area contributed by atoms with E-state index in [0.29, 0.717) is 17.2 Å². The van der Waals surface area contributed by atoms with Crippen LogP contribution in [0.15, 0.2) is 90.1 Å². The Morgan fingerprint density at radius 1 is 0.889 bits per heavy atom. The van der Waals surface area contributed by atoms with Gasteiger partial charge in [0.25, 0.3) is 0 Å². The van der Waals surface area contributed by atoms with Crippen molar-refractivity contribution in [3.63, 3.8) is 0 Å². The molecule has 0 aliphatic heterocycles. The third-order valence-corrected chi connectivity index (χ3v) is 5.39. The van der Waals surface area contributed by atoms with Gasteiger partial charge in [-0.15, -0.1) is 0 Å². The molecule has 2 aromatic carbocycles. The number of aromatic nitrogens is 2. The molecule has 0 saturated heterocycles. The van der Waals surface area contributed by atoms with E-state index in [1.54, 1.807) is 18.3 Å². The standard InChI is InChI=1S/C20H17N3O3S/c24-27(25,21-14-16-15-23-13-5-4-8-20(23)22-16)19-11-9-18(10-12-19)26-17-6-2-1-3-7-17/h1-13,15,21H,14H2. The molecular formula is C20H17N3O3S. The van der Waals surface area contributed by atoms with Crippen LogP contribution in [0.1, 0.15) is 5.69 Å². The first kappa shape index (κ1) is 17.3. The molecule has 0 fully saturated rings. The molecule has 4 rings (SSSR count). The zero-order valence-electron chi connectivity index (χ0n) is 14.3. The molecule has 0 saturated carbocycles. The lowest BCUT2D eigenvalue weighted by Gasteiger charge is -2.08. The summed E-state index contributed by atoms with van der Waals surface area (Å²) in [6.07, 6.45) is 3.67. The van der Waals surface area contributed by atoms with E-state index in [-0.39, 0.29) is 11.4 Å². The largest absolute Gasteiger partial charge is 0.457 e. The molecule has 136 valence electrons. The summed E-state index contributed by atoms with van der Waals surface area (Å²) >= 11 is 0. The number of rotatable bonds is 6. The lowest BCUT2D eigenvalue weighted by Crippen LogP contribution is -2.23. The van der Waals surface area contributed by atoms with Crippen molar-refractivity contribution < 1.29 is 13.2 Å². The maximum absolute atomic E-state index is 12.5. The maximum Gasteiger partial charge on any atom is 0.240 e. The van der Waals surface area contributed by atoms with Gasteiger partial charge in [-0.1, -0.05) is 24.3 Å². The van der Waals surface area contributed by atoms with Crippen molar-refractivity contribution >= 4 is 15.7 Å². The zero-order valence-corrected chi connectivity index (χ0v) is 15.1. The van der Waals surface area contributed by atoms with Crippen LogP contribution in [0.5, 0.6) is 11.5 Å². The van der Waals surface area contributed by atoms with Crippen molar-refractivity contribution in [3.8, 4) is 11.5 Å². The average Bonchev–Trinajstić information content (AvgIpc) is 3.11. The topological polar surface area (TPSA) is 72.7 Å². The highest BCUT2D eigenvalue weighted by atomic mass is 32.2. The fourth-order valence-electron chi connectivity index (χ4n) is 2.64. The van der Waals surface area contributed by atoms with Crippen LogP contribution in [0.25, 0.3) is 5.65 Å². The number of nitrogens with one attached hydrogen (secondary N) is 1. The minimum absolute atomic E-state index is 0.117. The van der Waals surface area contributed by atoms with Crippen molar-refractivity contribution in [2.24, 2.45) is 0 Å². The molecule has 0 amide bonds. The first-order valence-electron chi connectivity index (χ1n) is 8.35. The fourth-order valence-corrected chi connectivity index (χ4v) is 3.64. The summed E-state index contributed by atoms with van der Waals surface area (Å²) in [7, 11) is -3.64. The van der Waals surface area contributed by atoms with Gasteiger partial charge < -0.3 is 9.14 Å². The normalized spacial score (nSPS) is 11.6. The first-order valence-corrected chi connectivity index (χ1v) is 9.84. The van der Waals surface area contributed by atoms with Crippen LogP contribution in [0, 0.1) is 0 Å². The highest BCUT2D eigenvalue weighted by Crippen LogP contribution is 2.22. The number of sulfonamides is 1. The van der Waals surface area contributed by atoms with E-state index in [0.717, 1.165) is 5.65 Å². The Balaban J connectivity index is 1.45. The van der Waals surface area contributed by atoms with E-state index in [1.807, 2.05) is 59.1 Å². The van der Waals surface area contributed by atoms with Crippen molar-refractivity contribution in [1.82, 2.24) is 14.1 Å². The third kappa shape index (κ3) is 3.99. The minimum atomic E-state index is -3.64. The molecule has 27 heavy (non-hydrogen) atoms. The second-order valence-corrected chi connectivity index (χ2v) is 7.68. The Kier molecular flexibility index (Phi) is 4.62. The SMILES string of the molecule is O=S(=O)(NCc1cn2ccccc2n1)c1ccc(Oc2ccccc2)cc1. The van der Waals surface area contributed by atoms with Crippen LogP contribution in [0.3, 0.4) is 0 Å². The molecule has 0 atom stereocenters. The van der Waals surface area contributed by atoms with Crippen LogP contribution in [-0.2, 0) is 16.6 Å². The van der Waals surface area contributed by atoms with Crippen LogP contribution in [0.2, 0.25) is 0 Å². The van der Waals surface area contributed by atoms with E-state index in [9.17, 15) is 8.42 Å². The number of pyridine rings is 1. The average molecular weight is 379 g/mol.